The van der Waals surface area contributed by atoms with Crippen molar-refractivity contribution in [3.05, 3.63) is 34.3 Å². The highest BCUT2D eigenvalue weighted by atomic mass is 79.9. The molecule has 1 heterocycles. The summed E-state index contributed by atoms with van der Waals surface area (Å²) < 4.78 is 6.96. The summed E-state index contributed by atoms with van der Waals surface area (Å²) in [5.74, 6) is 0. The minimum absolute atomic E-state index is 0.0370. The third-order valence-electron chi connectivity index (χ3n) is 2.53. The van der Waals surface area contributed by atoms with Crippen molar-refractivity contribution in [3.63, 3.8) is 0 Å². The van der Waals surface area contributed by atoms with Gasteiger partial charge in [0.1, 0.15) is 0 Å². The molecule has 1 fully saturated rings. The fourth-order valence-corrected chi connectivity index (χ4v) is 1.85. The summed E-state index contributed by atoms with van der Waals surface area (Å²) in [6.45, 7) is 4.73. The molecule has 2 nitrogen and oxygen atoms in total. The lowest BCUT2D eigenvalue weighted by Crippen LogP contribution is -2.58. The number of ether oxygens (including phenoxy) is 1. The first-order valence-electron chi connectivity index (χ1n) is 4.78. The minimum Gasteiger partial charge on any atom is -0.368 e. The third kappa shape index (κ3) is 2.16. The zero-order valence-electron chi connectivity index (χ0n) is 8.22. The van der Waals surface area contributed by atoms with E-state index in [-0.39, 0.29) is 5.60 Å². The molecule has 3 heteroatoms. The van der Waals surface area contributed by atoms with Crippen LogP contribution in [0.15, 0.2) is 28.7 Å². The SMILES string of the molecule is CC1(OCc2ccccc2Br)CNC1. The van der Waals surface area contributed by atoms with E-state index in [1.54, 1.807) is 0 Å². The Hall–Kier alpha value is -0.380. The van der Waals surface area contributed by atoms with Crippen LogP contribution < -0.4 is 5.32 Å². The second-order valence-electron chi connectivity index (χ2n) is 3.93. The van der Waals surface area contributed by atoms with Crippen molar-refractivity contribution in [1.29, 1.82) is 0 Å². The van der Waals surface area contributed by atoms with E-state index in [0.29, 0.717) is 6.61 Å². The van der Waals surface area contributed by atoms with Gasteiger partial charge in [0.25, 0.3) is 0 Å². The molecule has 1 aromatic carbocycles. The Balaban J connectivity index is 1.95. The first-order chi connectivity index (χ1) is 6.70. The van der Waals surface area contributed by atoms with Crippen molar-refractivity contribution in [2.24, 2.45) is 0 Å². The molecule has 2 rings (SSSR count). The van der Waals surface area contributed by atoms with Crippen molar-refractivity contribution in [3.8, 4) is 0 Å². The van der Waals surface area contributed by atoms with E-state index < -0.39 is 0 Å². The Morgan fingerprint density at radius 1 is 1.43 bits per heavy atom. The van der Waals surface area contributed by atoms with Gasteiger partial charge in [0.15, 0.2) is 0 Å². The molecule has 14 heavy (non-hydrogen) atoms. The van der Waals surface area contributed by atoms with Crippen molar-refractivity contribution in [2.75, 3.05) is 13.1 Å². The van der Waals surface area contributed by atoms with Crippen molar-refractivity contribution in [2.45, 2.75) is 19.1 Å². The van der Waals surface area contributed by atoms with Gasteiger partial charge in [0.2, 0.25) is 0 Å². The average Bonchev–Trinajstić information content (AvgIpc) is 2.14. The third-order valence-corrected chi connectivity index (χ3v) is 3.31. The summed E-state index contributed by atoms with van der Waals surface area (Å²) in [6, 6.07) is 8.17. The molecule has 1 saturated heterocycles. The molecule has 1 aliphatic heterocycles. The summed E-state index contributed by atoms with van der Waals surface area (Å²) >= 11 is 3.51. The predicted molar refractivity (Wildman–Crippen MR) is 60.2 cm³/mol. The van der Waals surface area contributed by atoms with Gasteiger partial charge in [-0.1, -0.05) is 34.1 Å². The molecule has 0 radical (unpaired) electrons. The fourth-order valence-electron chi connectivity index (χ4n) is 1.45. The van der Waals surface area contributed by atoms with Crippen molar-refractivity contribution >= 4 is 15.9 Å². The molecular weight excluding hydrogens is 242 g/mol. The van der Waals surface area contributed by atoms with Crippen LogP contribution in [0.3, 0.4) is 0 Å². The first kappa shape index (κ1) is 10.1. The molecule has 1 N–H and O–H groups in total. The van der Waals surface area contributed by atoms with E-state index in [2.05, 4.69) is 34.2 Å². The van der Waals surface area contributed by atoms with Crippen LogP contribution in [-0.2, 0) is 11.3 Å². The highest BCUT2D eigenvalue weighted by Gasteiger charge is 2.32. The lowest BCUT2D eigenvalue weighted by molar-refractivity contribution is -0.0769. The van der Waals surface area contributed by atoms with Crippen molar-refractivity contribution < 1.29 is 4.74 Å². The summed E-state index contributed by atoms with van der Waals surface area (Å²) in [5, 5.41) is 3.22. The van der Waals surface area contributed by atoms with Crippen LogP contribution >= 0.6 is 15.9 Å². The quantitative estimate of drug-likeness (QED) is 0.896. The van der Waals surface area contributed by atoms with Crippen LogP contribution in [0.4, 0.5) is 0 Å². The molecule has 0 amide bonds. The van der Waals surface area contributed by atoms with Crippen LogP contribution in [0.25, 0.3) is 0 Å². The van der Waals surface area contributed by atoms with Gasteiger partial charge in [-0.3, -0.25) is 0 Å². The highest BCUT2D eigenvalue weighted by molar-refractivity contribution is 9.10. The maximum absolute atomic E-state index is 5.84. The number of rotatable bonds is 3. The average molecular weight is 256 g/mol. The summed E-state index contributed by atoms with van der Waals surface area (Å²) in [5.41, 5.74) is 1.25. The number of hydrogen-bond donors (Lipinski definition) is 1. The molecule has 0 aliphatic carbocycles. The molecule has 1 aromatic rings. The predicted octanol–water partition coefficient (Wildman–Crippen LogP) is 2.33. The molecular formula is C11H14BrNO. The molecule has 1 aliphatic rings. The van der Waals surface area contributed by atoms with Gasteiger partial charge >= 0.3 is 0 Å². The van der Waals surface area contributed by atoms with Crippen molar-refractivity contribution in [1.82, 2.24) is 5.32 Å². The van der Waals surface area contributed by atoms with Gasteiger partial charge < -0.3 is 10.1 Å². The maximum atomic E-state index is 5.84. The lowest BCUT2D eigenvalue weighted by atomic mass is 10.00. The number of benzene rings is 1. The largest absolute Gasteiger partial charge is 0.368 e. The minimum atomic E-state index is 0.0370. The molecule has 76 valence electrons. The Morgan fingerprint density at radius 2 is 2.14 bits per heavy atom. The van der Waals surface area contributed by atoms with Gasteiger partial charge in [0, 0.05) is 17.6 Å². The molecule has 0 spiro atoms. The maximum Gasteiger partial charge on any atom is 0.0906 e. The highest BCUT2D eigenvalue weighted by Crippen LogP contribution is 2.21. The Kier molecular flexibility index (Phi) is 2.91. The van der Waals surface area contributed by atoms with E-state index in [0.717, 1.165) is 17.6 Å². The topological polar surface area (TPSA) is 21.3 Å². The first-order valence-corrected chi connectivity index (χ1v) is 5.57. The van der Waals surface area contributed by atoms with E-state index in [4.69, 9.17) is 4.74 Å². The number of halogens is 1. The van der Waals surface area contributed by atoms with Crippen LogP contribution in [-0.4, -0.2) is 18.7 Å². The van der Waals surface area contributed by atoms with Crippen LogP contribution in [0, 0.1) is 0 Å². The molecule has 0 unspecified atom stereocenters. The summed E-state index contributed by atoms with van der Waals surface area (Å²) in [4.78, 5) is 0. The van der Waals surface area contributed by atoms with Crippen LogP contribution in [0.2, 0.25) is 0 Å². The smallest absolute Gasteiger partial charge is 0.0906 e. The monoisotopic (exact) mass is 255 g/mol. The van der Waals surface area contributed by atoms with Gasteiger partial charge in [-0.25, -0.2) is 0 Å². The van der Waals surface area contributed by atoms with E-state index in [9.17, 15) is 0 Å². The Bertz CT molecular complexity index is 323. The zero-order chi connectivity index (χ0) is 10.0. The molecule has 0 aromatic heterocycles. The second-order valence-corrected chi connectivity index (χ2v) is 4.79. The number of nitrogens with one attached hydrogen (secondary N) is 1. The summed E-state index contributed by atoms with van der Waals surface area (Å²) in [7, 11) is 0. The van der Waals surface area contributed by atoms with Crippen LogP contribution in [0.5, 0.6) is 0 Å². The van der Waals surface area contributed by atoms with Gasteiger partial charge in [-0.2, -0.15) is 0 Å². The molecule has 0 saturated carbocycles. The fraction of sp³-hybridized carbons (Fsp3) is 0.455. The molecule has 0 atom stereocenters. The van der Waals surface area contributed by atoms with Gasteiger partial charge in [-0.15, -0.1) is 0 Å². The Morgan fingerprint density at radius 3 is 2.71 bits per heavy atom. The van der Waals surface area contributed by atoms with E-state index >= 15 is 0 Å². The lowest BCUT2D eigenvalue weighted by Gasteiger charge is -2.39. The second kappa shape index (κ2) is 4.01. The normalized spacial score (nSPS) is 19.0. The zero-order valence-corrected chi connectivity index (χ0v) is 9.80. The van der Waals surface area contributed by atoms with E-state index in [1.807, 2.05) is 18.2 Å². The Labute approximate surface area is 92.8 Å². The summed E-state index contributed by atoms with van der Waals surface area (Å²) in [6.07, 6.45) is 0. The van der Waals surface area contributed by atoms with Crippen LogP contribution in [0.1, 0.15) is 12.5 Å². The molecule has 0 bridgehead atoms. The standard InChI is InChI=1S/C11H14BrNO/c1-11(7-13-8-11)14-6-9-4-2-3-5-10(9)12/h2-5,13H,6-8H2,1H3. The number of hydrogen-bond acceptors (Lipinski definition) is 2. The van der Waals surface area contributed by atoms with Gasteiger partial charge in [0.05, 0.1) is 12.2 Å². The van der Waals surface area contributed by atoms with Gasteiger partial charge in [-0.05, 0) is 18.6 Å². The van der Waals surface area contributed by atoms with E-state index in [1.165, 1.54) is 5.56 Å².